The van der Waals surface area contributed by atoms with Crippen LogP contribution in [-0.2, 0) is 16.1 Å². The lowest BCUT2D eigenvalue weighted by atomic mass is 10.1. The number of hydrogen-bond donors (Lipinski definition) is 2. The maximum atomic E-state index is 11.4. The maximum absolute atomic E-state index is 11.4. The van der Waals surface area contributed by atoms with E-state index in [1.54, 1.807) is 30.4 Å². The molecular formula is C21H24N10O2. The summed E-state index contributed by atoms with van der Waals surface area (Å²) in [6.07, 6.45) is 9.44. The highest BCUT2D eigenvalue weighted by atomic mass is 16.5. The molecule has 0 spiro atoms. The largest absolute Gasteiger partial charge is 0.383 e. The van der Waals surface area contributed by atoms with Crippen LogP contribution >= 0.6 is 0 Å². The highest BCUT2D eigenvalue weighted by Crippen LogP contribution is 2.27. The third kappa shape index (κ3) is 4.37. The van der Waals surface area contributed by atoms with Crippen molar-refractivity contribution in [3.8, 4) is 16.9 Å². The molecule has 33 heavy (non-hydrogen) atoms. The van der Waals surface area contributed by atoms with Crippen molar-refractivity contribution < 1.29 is 9.53 Å². The van der Waals surface area contributed by atoms with Crippen molar-refractivity contribution in [1.29, 1.82) is 0 Å². The van der Waals surface area contributed by atoms with E-state index in [0.717, 1.165) is 24.0 Å². The number of carbonyl (C=O) groups is 1. The van der Waals surface area contributed by atoms with Crippen LogP contribution in [0.5, 0.6) is 0 Å². The van der Waals surface area contributed by atoms with E-state index in [4.69, 9.17) is 10.5 Å². The van der Waals surface area contributed by atoms with Crippen LogP contribution in [-0.4, -0.2) is 65.4 Å². The van der Waals surface area contributed by atoms with Gasteiger partial charge in [-0.1, -0.05) is 5.21 Å². The van der Waals surface area contributed by atoms with E-state index in [1.807, 2.05) is 23.0 Å². The van der Waals surface area contributed by atoms with Gasteiger partial charge in [0.25, 0.3) is 0 Å². The zero-order chi connectivity index (χ0) is 22.8. The molecule has 2 atom stereocenters. The number of fused-ring (bicyclic) bond motifs is 1. The first-order chi connectivity index (χ1) is 16.1. The number of amides is 1. The lowest BCUT2D eigenvalue weighted by Crippen LogP contribution is -2.23. The highest BCUT2D eigenvalue weighted by molar-refractivity contribution is 5.77. The SMILES string of the molecule is COCCn1cc(-c2ccc(-n3nnc4cnc(NC5CCC(C(N)=O)C5)nc43)nc2)cn1. The Hall–Kier alpha value is -3.93. The molecule has 12 heteroatoms. The number of ether oxygens (including phenoxy) is 1. The number of anilines is 1. The predicted molar refractivity (Wildman–Crippen MR) is 119 cm³/mol. The van der Waals surface area contributed by atoms with E-state index in [9.17, 15) is 4.79 Å². The molecule has 1 aliphatic carbocycles. The summed E-state index contributed by atoms with van der Waals surface area (Å²) in [5.74, 6) is 0.691. The average Bonchev–Trinajstić information content (AvgIpc) is 3.57. The number of hydrogen-bond acceptors (Lipinski definition) is 9. The summed E-state index contributed by atoms with van der Waals surface area (Å²) in [7, 11) is 1.67. The number of carbonyl (C=O) groups excluding carboxylic acids is 1. The zero-order valence-electron chi connectivity index (χ0n) is 18.1. The smallest absolute Gasteiger partial charge is 0.225 e. The van der Waals surface area contributed by atoms with Crippen LogP contribution in [0, 0.1) is 5.92 Å². The molecule has 1 fully saturated rings. The average molecular weight is 448 g/mol. The number of nitrogens with two attached hydrogens (primary N) is 1. The van der Waals surface area contributed by atoms with Gasteiger partial charge >= 0.3 is 0 Å². The van der Waals surface area contributed by atoms with Gasteiger partial charge in [0.05, 0.1) is 25.5 Å². The minimum atomic E-state index is -0.255. The molecule has 0 aliphatic heterocycles. The van der Waals surface area contributed by atoms with Crippen LogP contribution in [0.3, 0.4) is 0 Å². The zero-order valence-corrected chi connectivity index (χ0v) is 18.1. The monoisotopic (exact) mass is 448 g/mol. The Bertz CT molecular complexity index is 1270. The van der Waals surface area contributed by atoms with Crippen molar-refractivity contribution in [2.45, 2.75) is 31.8 Å². The molecule has 12 nitrogen and oxygen atoms in total. The Labute approximate surface area is 189 Å². The lowest BCUT2D eigenvalue weighted by molar-refractivity contribution is -0.121. The summed E-state index contributed by atoms with van der Waals surface area (Å²) in [4.78, 5) is 24.9. The second-order valence-electron chi connectivity index (χ2n) is 8.05. The summed E-state index contributed by atoms with van der Waals surface area (Å²) in [6, 6.07) is 3.92. The first-order valence-electron chi connectivity index (χ1n) is 10.7. The fourth-order valence-electron chi connectivity index (χ4n) is 4.01. The molecule has 0 bridgehead atoms. The maximum Gasteiger partial charge on any atom is 0.225 e. The van der Waals surface area contributed by atoms with Gasteiger partial charge < -0.3 is 15.8 Å². The molecule has 3 N–H and O–H groups in total. The molecule has 170 valence electrons. The van der Waals surface area contributed by atoms with Crippen LogP contribution in [0.1, 0.15) is 19.3 Å². The van der Waals surface area contributed by atoms with Gasteiger partial charge in [0.15, 0.2) is 17.0 Å². The predicted octanol–water partition coefficient (Wildman–Crippen LogP) is 1.18. The standard InChI is InChI=1S/C21H24N10O2/c1-33-7-6-30-12-15(10-25-30)14-3-5-18(23-9-14)31-20-17(28-29-31)11-24-21(27-20)26-16-4-2-13(8-16)19(22)32/h3,5,9-13,16H,2,4,6-8H2,1H3,(H2,22,32)(H,24,26,27). The van der Waals surface area contributed by atoms with E-state index in [0.29, 0.717) is 42.5 Å². The molecule has 4 aromatic rings. The van der Waals surface area contributed by atoms with E-state index in [1.165, 1.54) is 0 Å². The van der Waals surface area contributed by atoms with Crippen LogP contribution in [0.15, 0.2) is 36.9 Å². The molecule has 4 heterocycles. The minimum Gasteiger partial charge on any atom is -0.383 e. The number of aromatic nitrogens is 8. The Kier molecular flexibility index (Phi) is 5.65. The Morgan fingerprint density at radius 3 is 2.88 bits per heavy atom. The number of nitrogens with one attached hydrogen (secondary N) is 1. The van der Waals surface area contributed by atoms with Gasteiger partial charge in [-0.25, -0.2) is 9.97 Å². The van der Waals surface area contributed by atoms with Crippen molar-refractivity contribution in [1.82, 2.24) is 39.7 Å². The summed E-state index contributed by atoms with van der Waals surface area (Å²) < 4.78 is 8.50. The first-order valence-corrected chi connectivity index (χ1v) is 10.7. The molecule has 1 aliphatic rings. The third-order valence-corrected chi connectivity index (χ3v) is 5.82. The molecular weight excluding hydrogens is 424 g/mol. The molecule has 4 aromatic heterocycles. The second-order valence-corrected chi connectivity index (χ2v) is 8.05. The summed E-state index contributed by atoms with van der Waals surface area (Å²) in [5, 5.41) is 16.0. The van der Waals surface area contributed by atoms with Gasteiger partial charge in [0.1, 0.15) is 0 Å². The summed E-state index contributed by atoms with van der Waals surface area (Å²) >= 11 is 0. The molecule has 0 saturated heterocycles. The van der Waals surface area contributed by atoms with Crippen LogP contribution in [0.2, 0.25) is 0 Å². The van der Waals surface area contributed by atoms with Gasteiger partial charge in [-0.3, -0.25) is 9.48 Å². The number of nitrogens with zero attached hydrogens (tertiary/aromatic N) is 8. The third-order valence-electron chi connectivity index (χ3n) is 5.82. The van der Waals surface area contributed by atoms with E-state index < -0.39 is 0 Å². The van der Waals surface area contributed by atoms with Crippen molar-refractivity contribution in [2.24, 2.45) is 11.7 Å². The van der Waals surface area contributed by atoms with Gasteiger partial charge in [-0.15, -0.1) is 5.10 Å². The minimum absolute atomic E-state index is 0.103. The Morgan fingerprint density at radius 2 is 2.12 bits per heavy atom. The molecule has 1 amide bonds. The fraction of sp³-hybridized carbons (Fsp3) is 0.381. The molecule has 0 radical (unpaired) electrons. The number of methoxy groups -OCH3 is 1. The first kappa shape index (κ1) is 20.9. The normalized spacial score (nSPS) is 18.1. The van der Waals surface area contributed by atoms with Crippen LogP contribution < -0.4 is 11.1 Å². The molecule has 0 aromatic carbocycles. The van der Waals surface area contributed by atoms with Crippen molar-refractivity contribution in [3.05, 3.63) is 36.9 Å². The highest BCUT2D eigenvalue weighted by Gasteiger charge is 2.29. The van der Waals surface area contributed by atoms with Gasteiger partial charge in [0.2, 0.25) is 11.9 Å². The van der Waals surface area contributed by atoms with Crippen LogP contribution in [0.25, 0.3) is 28.1 Å². The van der Waals surface area contributed by atoms with Gasteiger partial charge in [-0.2, -0.15) is 14.8 Å². The van der Waals surface area contributed by atoms with Crippen molar-refractivity contribution in [2.75, 3.05) is 19.0 Å². The van der Waals surface area contributed by atoms with Gasteiger partial charge in [0, 0.05) is 42.6 Å². The Morgan fingerprint density at radius 1 is 1.21 bits per heavy atom. The number of primary amides is 1. The van der Waals surface area contributed by atoms with E-state index in [2.05, 4.69) is 35.7 Å². The second kappa shape index (κ2) is 8.90. The quantitative estimate of drug-likeness (QED) is 0.405. The Balaban J connectivity index is 1.34. The molecule has 2 unspecified atom stereocenters. The molecule has 5 rings (SSSR count). The van der Waals surface area contributed by atoms with Crippen molar-refractivity contribution >= 4 is 23.0 Å². The van der Waals surface area contributed by atoms with Crippen LogP contribution in [0.4, 0.5) is 5.95 Å². The number of pyridine rings is 1. The van der Waals surface area contributed by atoms with Crippen molar-refractivity contribution in [3.63, 3.8) is 0 Å². The fourth-order valence-corrected chi connectivity index (χ4v) is 4.01. The van der Waals surface area contributed by atoms with E-state index in [-0.39, 0.29) is 17.9 Å². The molecule has 1 saturated carbocycles. The summed E-state index contributed by atoms with van der Waals surface area (Å²) in [6.45, 7) is 1.29. The number of rotatable bonds is 8. The van der Waals surface area contributed by atoms with E-state index >= 15 is 0 Å². The van der Waals surface area contributed by atoms with Gasteiger partial charge in [-0.05, 0) is 31.4 Å². The summed E-state index contributed by atoms with van der Waals surface area (Å²) in [5.41, 5.74) is 8.44. The lowest BCUT2D eigenvalue weighted by Gasteiger charge is -2.12. The topological polar surface area (TPSA) is 152 Å².